The van der Waals surface area contributed by atoms with Crippen molar-refractivity contribution in [2.45, 2.75) is 5.54 Å². The molecule has 2 aromatic carbocycles. The molecule has 0 saturated carbocycles. The Morgan fingerprint density at radius 3 is 1.71 bits per heavy atom. The van der Waals surface area contributed by atoms with Gasteiger partial charge >= 0.3 is 6.03 Å². The maximum Gasteiger partial charge on any atom is 0.358 e. The molecule has 4 rings (SSSR count). The van der Waals surface area contributed by atoms with Crippen molar-refractivity contribution in [3.8, 4) is 11.1 Å². The minimum atomic E-state index is -1.38. The molecule has 0 atom stereocenters. The molecule has 104 valence electrons. The molecule has 0 radical (unpaired) electrons. The maximum atomic E-state index is 12.7. The molecule has 1 aliphatic carbocycles. The Kier molecular flexibility index (Phi) is 2.41. The molecule has 6 heteroatoms. The van der Waals surface area contributed by atoms with Crippen LogP contribution in [-0.4, -0.2) is 20.8 Å². The summed E-state index contributed by atoms with van der Waals surface area (Å²) in [6.45, 7) is 0. The summed E-state index contributed by atoms with van der Waals surface area (Å²) in [6, 6.07) is 14.1. The van der Waals surface area contributed by atoms with E-state index >= 15 is 0 Å². The van der Waals surface area contributed by atoms with E-state index in [2.05, 4.69) is 0 Å². The van der Waals surface area contributed by atoms with E-state index in [0.29, 0.717) is 15.5 Å². The van der Waals surface area contributed by atoms with Gasteiger partial charge in [-0.3, -0.25) is 4.79 Å². The molecule has 0 aromatic heterocycles. The normalized spacial score (nSPS) is 18.4. The molecule has 0 bridgehead atoms. The van der Waals surface area contributed by atoms with Gasteiger partial charge in [0.15, 0.2) is 5.54 Å². The number of hydrogen-bond donors (Lipinski definition) is 0. The number of carbonyl (C=O) groups excluding carboxylic acids is 2. The van der Waals surface area contributed by atoms with Crippen LogP contribution in [0.2, 0.25) is 0 Å². The Bertz CT molecular complexity index is 760. The summed E-state index contributed by atoms with van der Waals surface area (Å²) in [5, 5.41) is 0. The van der Waals surface area contributed by atoms with E-state index in [9.17, 15) is 9.59 Å². The molecule has 0 unspecified atom stereocenters. The fraction of sp³-hybridized carbons (Fsp3) is 0.0667. The van der Waals surface area contributed by atoms with Gasteiger partial charge in [-0.1, -0.05) is 48.5 Å². The van der Waals surface area contributed by atoms with Gasteiger partial charge in [-0.15, -0.1) is 0 Å². The monoisotopic (exact) mass is 318 g/mol. The molecule has 1 saturated heterocycles. The Labute approximate surface area is 130 Å². The van der Waals surface area contributed by atoms with Gasteiger partial charge in [0.25, 0.3) is 5.91 Å². The number of rotatable bonds is 0. The molecule has 1 heterocycles. The van der Waals surface area contributed by atoms with Crippen molar-refractivity contribution in [2.24, 2.45) is 0 Å². The molecule has 1 spiro atoms. The first-order valence-electron chi connectivity index (χ1n) is 6.30. The predicted octanol–water partition coefficient (Wildman–Crippen LogP) is 3.48. The van der Waals surface area contributed by atoms with Gasteiger partial charge in [-0.05, 0) is 11.1 Å². The Morgan fingerprint density at radius 2 is 1.29 bits per heavy atom. The first-order chi connectivity index (χ1) is 10.1. The number of halogens is 2. The van der Waals surface area contributed by atoms with Crippen LogP contribution in [-0.2, 0) is 10.3 Å². The molecule has 1 aliphatic heterocycles. The van der Waals surface area contributed by atoms with Gasteiger partial charge in [0, 0.05) is 34.7 Å². The second-order valence-electron chi connectivity index (χ2n) is 4.95. The van der Waals surface area contributed by atoms with Gasteiger partial charge in [0.2, 0.25) is 0 Å². The fourth-order valence-corrected chi connectivity index (χ4v) is 3.75. The van der Waals surface area contributed by atoms with Crippen LogP contribution in [0.1, 0.15) is 11.1 Å². The fourth-order valence-electron chi connectivity index (χ4n) is 3.19. The zero-order valence-corrected chi connectivity index (χ0v) is 12.1. The average molecular weight is 319 g/mol. The van der Waals surface area contributed by atoms with Crippen LogP contribution < -0.4 is 0 Å². The zero-order chi connectivity index (χ0) is 14.8. The van der Waals surface area contributed by atoms with Crippen molar-refractivity contribution in [1.29, 1.82) is 0 Å². The third-order valence-electron chi connectivity index (χ3n) is 4.04. The molecular formula is C15H8Cl2N2O2. The molecule has 3 amide bonds. The maximum absolute atomic E-state index is 12.7. The number of nitrogens with zero attached hydrogens (tertiary/aromatic N) is 2. The van der Waals surface area contributed by atoms with E-state index in [4.69, 9.17) is 23.6 Å². The van der Waals surface area contributed by atoms with Crippen molar-refractivity contribution >= 4 is 35.5 Å². The van der Waals surface area contributed by atoms with Crippen LogP contribution >= 0.6 is 23.6 Å². The van der Waals surface area contributed by atoms with E-state index in [-0.39, 0.29) is 0 Å². The lowest BCUT2D eigenvalue weighted by Gasteiger charge is -2.27. The molecular weight excluding hydrogens is 311 g/mol. The number of amides is 3. The number of urea groups is 1. The van der Waals surface area contributed by atoms with Gasteiger partial charge in [0.1, 0.15) is 0 Å². The van der Waals surface area contributed by atoms with E-state index in [1.54, 1.807) is 12.1 Å². The van der Waals surface area contributed by atoms with E-state index in [1.165, 1.54) is 0 Å². The Balaban J connectivity index is 2.15. The zero-order valence-electron chi connectivity index (χ0n) is 10.6. The summed E-state index contributed by atoms with van der Waals surface area (Å²) in [5.41, 5.74) is 1.72. The first kappa shape index (κ1) is 12.7. The third-order valence-corrected chi connectivity index (χ3v) is 4.74. The minimum absolute atomic E-state index is 0.547. The summed E-state index contributed by atoms with van der Waals surface area (Å²) < 4.78 is 1.44. The molecule has 21 heavy (non-hydrogen) atoms. The van der Waals surface area contributed by atoms with E-state index < -0.39 is 17.5 Å². The molecule has 0 N–H and O–H groups in total. The number of hydrogen-bond acceptors (Lipinski definition) is 2. The standard InChI is InChI=1S/C15H8Cl2N2O2/c16-18-13(20)15(19(17)14(18)21)11-7-3-1-5-9(11)10-6-2-4-8-12(10)15/h1-8H. The quantitative estimate of drug-likeness (QED) is 0.551. The SMILES string of the molecule is O=C1N(Cl)C(=O)C2(c3ccccc3-c3ccccc32)N1Cl. The van der Waals surface area contributed by atoms with E-state index in [1.807, 2.05) is 36.4 Å². The van der Waals surface area contributed by atoms with Crippen LogP contribution in [0.15, 0.2) is 48.5 Å². The number of carbonyl (C=O) groups is 2. The van der Waals surface area contributed by atoms with Crippen LogP contribution in [0.25, 0.3) is 11.1 Å². The Hall–Kier alpha value is -2.04. The highest BCUT2D eigenvalue weighted by Gasteiger charge is 2.63. The highest BCUT2D eigenvalue weighted by molar-refractivity contribution is 6.40. The number of fused-ring (bicyclic) bond motifs is 5. The minimum Gasteiger partial charge on any atom is -0.269 e. The molecule has 4 nitrogen and oxygen atoms in total. The van der Waals surface area contributed by atoms with Crippen molar-refractivity contribution in [2.75, 3.05) is 0 Å². The summed E-state index contributed by atoms with van der Waals surface area (Å²) in [7, 11) is 0. The van der Waals surface area contributed by atoms with E-state index in [0.717, 1.165) is 15.5 Å². The molecule has 1 fully saturated rings. The second kappa shape index (κ2) is 4.00. The van der Waals surface area contributed by atoms with Crippen molar-refractivity contribution in [1.82, 2.24) is 8.84 Å². The highest BCUT2D eigenvalue weighted by Crippen LogP contribution is 2.55. The van der Waals surface area contributed by atoms with Crippen LogP contribution in [0.5, 0.6) is 0 Å². The Morgan fingerprint density at radius 1 is 0.810 bits per heavy atom. The number of imide groups is 1. The van der Waals surface area contributed by atoms with Gasteiger partial charge < -0.3 is 0 Å². The predicted molar refractivity (Wildman–Crippen MR) is 78.4 cm³/mol. The largest absolute Gasteiger partial charge is 0.358 e. The molecule has 2 aromatic rings. The van der Waals surface area contributed by atoms with Crippen molar-refractivity contribution < 1.29 is 9.59 Å². The van der Waals surface area contributed by atoms with Crippen molar-refractivity contribution in [3.05, 3.63) is 59.7 Å². The smallest absolute Gasteiger partial charge is 0.269 e. The summed E-state index contributed by atoms with van der Waals surface area (Å²) in [5.74, 6) is -0.554. The van der Waals surface area contributed by atoms with Crippen LogP contribution in [0, 0.1) is 0 Å². The third kappa shape index (κ3) is 1.27. The van der Waals surface area contributed by atoms with Crippen LogP contribution in [0.3, 0.4) is 0 Å². The average Bonchev–Trinajstić information content (AvgIpc) is 2.91. The molecule has 2 aliphatic rings. The topological polar surface area (TPSA) is 40.6 Å². The number of benzene rings is 2. The van der Waals surface area contributed by atoms with Gasteiger partial charge in [-0.25, -0.2) is 9.21 Å². The van der Waals surface area contributed by atoms with Crippen LogP contribution in [0.4, 0.5) is 4.79 Å². The summed E-state index contributed by atoms with van der Waals surface area (Å²) in [6.07, 6.45) is 0. The lowest BCUT2D eigenvalue weighted by Crippen LogP contribution is -2.41. The van der Waals surface area contributed by atoms with Gasteiger partial charge in [-0.2, -0.15) is 4.42 Å². The first-order valence-corrected chi connectivity index (χ1v) is 6.97. The lowest BCUT2D eigenvalue weighted by atomic mass is 9.87. The second-order valence-corrected chi connectivity index (χ2v) is 5.63. The summed E-state index contributed by atoms with van der Waals surface area (Å²) >= 11 is 12.0. The van der Waals surface area contributed by atoms with Gasteiger partial charge in [0.05, 0.1) is 0 Å². The highest BCUT2D eigenvalue weighted by atomic mass is 35.5. The summed E-state index contributed by atoms with van der Waals surface area (Å²) in [4.78, 5) is 24.8. The van der Waals surface area contributed by atoms with Crippen molar-refractivity contribution in [3.63, 3.8) is 0 Å². The lowest BCUT2D eigenvalue weighted by molar-refractivity contribution is -0.127.